The molecule has 1 fully saturated rings. The number of aromatic nitrogens is 3. The smallest absolute Gasteiger partial charge is 0.338 e. The summed E-state index contributed by atoms with van der Waals surface area (Å²) < 4.78 is 17.4. The average Bonchev–Trinajstić information content (AvgIpc) is 3.43. The van der Waals surface area contributed by atoms with E-state index < -0.39 is 11.9 Å². The topological polar surface area (TPSA) is 119 Å². The maximum atomic E-state index is 12.6. The highest BCUT2D eigenvalue weighted by Crippen LogP contribution is 2.27. The van der Waals surface area contributed by atoms with Crippen LogP contribution in [0, 0.1) is 0 Å². The Morgan fingerprint density at radius 2 is 1.87 bits per heavy atom. The summed E-state index contributed by atoms with van der Waals surface area (Å²) in [6.07, 6.45) is 3.90. The number of fused-ring (bicyclic) bond motifs is 1. The fourth-order valence-electron chi connectivity index (χ4n) is 3.84. The molecule has 0 unspecified atom stereocenters. The van der Waals surface area contributed by atoms with Crippen molar-refractivity contribution in [2.45, 2.75) is 38.3 Å². The Balaban J connectivity index is 1.64. The largest absolute Gasteiger partial charge is 0.496 e. The number of nitrogen functional groups attached to an aromatic ring is 1. The van der Waals surface area contributed by atoms with E-state index >= 15 is 0 Å². The van der Waals surface area contributed by atoms with E-state index in [-0.39, 0.29) is 6.10 Å². The molecule has 1 aromatic heterocycles. The van der Waals surface area contributed by atoms with Gasteiger partial charge in [0.2, 0.25) is 0 Å². The molecule has 1 aliphatic rings. The number of hydrogen-bond acceptors (Lipinski definition) is 8. The first-order valence-corrected chi connectivity index (χ1v) is 10.1. The lowest BCUT2D eigenvalue weighted by atomic mass is 10.1. The molecule has 162 valence electrons. The van der Waals surface area contributed by atoms with Crippen molar-refractivity contribution in [3.63, 3.8) is 0 Å². The second-order valence-electron chi connectivity index (χ2n) is 7.51. The van der Waals surface area contributed by atoms with Crippen molar-refractivity contribution in [1.82, 2.24) is 15.0 Å². The van der Waals surface area contributed by atoms with Gasteiger partial charge in [0.25, 0.3) is 0 Å². The van der Waals surface area contributed by atoms with Crippen LogP contribution in [0.4, 0.5) is 5.69 Å². The number of esters is 2. The van der Waals surface area contributed by atoms with E-state index in [1.165, 1.54) is 14.2 Å². The predicted octanol–water partition coefficient (Wildman–Crippen LogP) is 2.96. The highest BCUT2D eigenvalue weighted by atomic mass is 16.5. The second kappa shape index (κ2) is 8.63. The minimum atomic E-state index is -0.450. The highest BCUT2D eigenvalue weighted by Gasteiger charge is 2.22. The molecule has 0 saturated heterocycles. The summed E-state index contributed by atoms with van der Waals surface area (Å²) in [6.45, 7) is 0.307. The molecule has 0 atom stereocenters. The van der Waals surface area contributed by atoms with Crippen LogP contribution in [0.2, 0.25) is 0 Å². The maximum Gasteiger partial charge on any atom is 0.338 e. The molecule has 4 rings (SSSR count). The molecule has 0 bridgehead atoms. The number of rotatable bonds is 6. The van der Waals surface area contributed by atoms with Gasteiger partial charge >= 0.3 is 11.9 Å². The molecular formula is C22H24N4O5. The monoisotopic (exact) mass is 424 g/mol. The molecule has 1 heterocycles. The third-order valence-electron chi connectivity index (χ3n) is 5.49. The number of methoxy groups -OCH3 is 2. The van der Waals surface area contributed by atoms with E-state index in [1.54, 1.807) is 35.0 Å². The quantitative estimate of drug-likeness (QED) is 0.474. The van der Waals surface area contributed by atoms with Crippen LogP contribution in [0.5, 0.6) is 5.75 Å². The number of nitrogens with two attached hydrogens (primary N) is 1. The first-order valence-electron chi connectivity index (χ1n) is 10.1. The normalized spacial score (nSPS) is 14.0. The maximum absolute atomic E-state index is 12.6. The van der Waals surface area contributed by atoms with Crippen LogP contribution in [0.3, 0.4) is 0 Å². The Morgan fingerprint density at radius 1 is 1.10 bits per heavy atom. The van der Waals surface area contributed by atoms with Crippen molar-refractivity contribution in [3.8, 4) is 5.75 Å². The van der Waals surface area contributed by atoms with Gasteiger partial charge in [-0.3, -0.25) is 0 Å². The number of ether oxygens (including phenoxy) is 3. The fourth-order valence-corrected chi connectivity index (χ4v) is 3.84. The zero-order valence-electron chi connectivity index (χ0n) is 17.5. The van der Waals surface area contributed by atoms with Gasteiger partial charge in [-0.2, -0.15) is 0 Å². The van der Waals surface area contributed by atoms with E-state index in [4.69, 9.17) is 19.9 Å². The predicted molar refractivity (Wildman–Crippen MR) is 113 cm³/mol. The van der Waals surface area contributed by atoms with Gasteiger partial charge in [-0.25, -0.2) is 14.3 Å². The van der Waals surface area contributed by atoms with Gasteiger partial charge in [0, 0.05) is 5.56 Å². The molecule has 0 aliphatic heterocycles. The first-order chi connectivity index (χ1) is 15.0. The minimum Gasteiger partial charge on any atom is -0.496 e. The van der Waals surface area contributed by atoms with Gasteiger partial charge in [-0.1, -0.05) is 11.3 Å². The van der Waals surface area contributed by atoms with Gasteiger partial charge in [0.1, 0.15) is 17.4 Å². The number of carbonyl (C=O) groups excluding carboxylic acids is 2. The minimum absolute atomic E-state index is 0.0370. The van der Waals surface area contributed by atoms with Crippen LogP contribution in [-0.2, 0) is 16.0 Å². The Kier molecular flexibility index (Phi) is 5.75. The Morgan fingerprint density at radius 3 is 2.58 bits per heavy atom. The zero-order chi connectivity index (χ0) is 22.0. The van der Waals surface area contributed by atoms with Crippen LogP contribution in [0.1, 0.15) is 52.0 Å². The van der Waals surface area contributed by atoms with Gasteiger partial charge in [-0.15, -0.1) is 5.10 Å². The summed E-state index contributed by atoms with van der Waals surface area (Å²) in [7, 11) is 2.85. The lowest BCUT2D eigenvalue weighted by molar-refractivity contribution is 0.0318. The lowest BCUT2D eigenvalue weighted by Gasteiger charge is -2.12. The van der Waals surface area contributed by atoms with Crippen LogP contribution >= 0.6 is 0 Å². The van der Waals surface area contributed by atoms with Crippen molar-refractivity contribution >= 4 is 28.7 Å². The van der Waals surface area contributed by atoms with Crippen LogP contribution < -0.4 is 10.5 Å². The van der Waals surface area contributed by atoms with Crippen LogP contribution in [-0.4, -0.2) is 47.3 Å². The van der Waals surface area contributed by atoms with Gasteiger partial charge in [0.15, 0.2) is 0 Å². The Bertz CT molecular complexity index is 1130. The van der Waals surface area contributed by atoms with Crippen LogP contribution in [0.25, 0.3) is 11.0 Å². The standard InChI is InChI=1S/C22H24N4O5/c1-29-19-11-13(21(27)30-2)7-8-14(19)12-26-18-10-15(9-17(23)20(18)24-25-26)22(28)31-16-5-3-4-6-16/h7-11,16H,3-6,12,23H2,1-2H3. The van der Waals surface area contributed by atoms with Crippen molar-refractivity contribution in [1.29, 1.82) is 0 Å². The number of nitrogens with zero attached hydrogens (tertiary/aromatic N) is 3. The van der Waals surface area contributed by atoms with Crippen molar-refractivity contribution < 1.29 is 23.8 Å². The molecule has 3 aromatic rings. The third-order valence-corrected chi connectivity index (χ3v) is 5.49. The average molecular weight is 424 g/mol. The Hall–Kier alpha value is -3.62. The van der Waals surface area contributed by atoms with Crippen molar-refractivity contribution in [3.05, 3.63) is 47.0 Å². The molecule has 31 heavy (non-hydrogen) atoms. The number of hydrogen-bond donors (Lipinski definition) is 1. The zero-order valence-corrected chi connectivity index (χ0v) is 17.5. The lowest BCUT2D eigenvalue weighted by Crippen LogP contribution is -2.15. The second-order valence-corrected chi connectivity index (χ2v) is 7.51. The summed E-state index contributed by atoms with van der Waals surface area (Å²) in [5.74, 6) is -0.334. The SMILES string of the molecule is COC(=O)c1ccc(Cn2nnc3c(N)cc(C(=O)OC4CCCC4)cc32)c(OC)c1. The van der Waals surface area contributed by atoms with E-state index in [0.29, 0.717) is 40.1 Å². The molecule has 9 heteroatoms. The summed E-state index contributed by atoms with van der Waals surface area (Å²) >= 11 is 0. The summed E-state index contributed by atoms with van der Waals surface area (Å²) in [5.41, 5.74) is 9.13. The third kappa shape index (κ3) is 4.16. The molecule has 0 radical (unpaired) electrons. The van der Waals surface area contributed by atoms with Crippen molar-refractivity contribution in [2.75, 3.05) is 20.0 Å². The van der Waals surface area contributed by atoms with Crippen LogP contribution in [0.15, 0.2) is 30.3 Å². The fraction of sp³-hybridized carbons (Fsp3) is 0.364. The van der Waals surface area contributed by atoms with Crippen molar-refractivity contribution in [2.24, 2.45) is 0 Å². The van der Waals surface area contributed by atoms with Gasteiger partial charge < -0.3 is 19.9 Å². The molecular weight excluding hydrogens is 400 g/mol. The highest BCUT2D eigenvalue weighted by molar-refractivity contribution is 5.98. The molecule has 0 amide bonds. The van der Waals surface area contributed by atoms with E-state index in [2.05, 4.69) is 10.3 Å². The van der Waals surface area contributed by atoms with Gasteiger partial charge in [0.05, 0.1) is 43.1 Å². The molecule has 1 saturated carbocycles. The molecule has 1 aliphatic carbocycles. The van der Waals surface area contributed by atoms with Gasteiger partial charge in [-0.05, 0) is 49.9 Å². The number of carbonyl (C=O) groups is 2. The molecule has 9 nitrogen and oxygen atoms in total. The van der Waals surface area contributed by atoms with E-state index in [9.17, 15) is 9.59 Å². The number of benzene rings is 2. The molecule has 0 spiro atoms. The van der Waals surface area contributed by atoms with E-state index in [1.807, 2.05) is 0 Å². The molecule has 2 N–H and O–H groups in total. The number of anilines is 1. The summed E-state index contributed by atoms with van der Waals surface area (Å²) in [4.78, 5) is 24.4. The summed E-state index contributed by atoms with van der Waals surface area (Å²) in [5, 5.41) is 8.35. The Labute approximate surface area is 179 Å². The summed E-state index contributed by atoms with van der Waals surface area (Å²) in [6, 6.07) is 8.30. The first kappa shape index (κ1) is 20.6. The van der Waals surface area contributed by atoms with E-state index in [0.717, 1.165) is 31.2 Å². The molecule has 2 aromatic carbocycles.